The van der Waals surface area contributed by atoms with Crippen LogP contribution in [0.4, 0.5) is 5.82 Å². The number of nitrogens with zero attached hydrogens (tertiary/aromatic N) is 6. The molecule has 0 bridgehead atoms. The lowest BCUT2D eigenvalue weighted by atomic mass is 9.73. The number of ether oxygens (including phenoxy) is 1. The van der Waals surface area contributed by atoms with Crippen LogP contribution >= 0.6 is 0 Å². The fourth-order valence-electron chi connectivity index (χ4n) is 5.83. The number of aromatic nitrogens is 3. The Morgan fingerprint density at radius 3 is 2.59 bits per heavy atom. The summed E-state index contributed by atoms with van der Waals surface area (Å²) < 4.78 is 7.46. The number of pyridine rings is 2. The van der Waals surface area contributed by atoms with Crippen LogP contribution in [0.3, 0.4) is 0 Å². The van der Waals surface area contributed by atoms with Crippen molar-refractivity contribution in [3.8, 4) is 22.9 Å². The summed E-state index contributed by atoms with van der Waals surface area (Å²) in [5.74, 6) is 1.66. The van der Waals surface area contributed by atoms with E-state index in [0.29, 0.717) is 24.5 Å². The monoisotopic (exact) mass is 524 g/mol. The summed E-state index contributed by atoms with van der Waals surface area (Å²) in [5.41, 5.74) is 4.59. The Bertz CT molecular complexity index is 1420. The molecular weight excluding hydrogens is 488 g/mol. The van der Waals surface area contributed by atoms with Crippen molar-refractivity contribution in [2.24, 2.45) is 5.41 Å². The van der Waals surface area contributed by atoms with Gasteiger partial charge in [0.2, 0.25) is 0 Å². The van der Waals surface area contributed by atoms with E-state index >= 15 is 0 Å². The molecule has 1 aromatic carbocycles. The maximum Gasteiger partial charge on any atom is 0.138 e. The summed E-state index contributed by atoms with van der Waals surface area (Å²) in [6, 6.07) is 19.1. The van der Waals surface area contributed by atoms with Crippen LogP contribution in [-0.2, 0) is 6.42 Å². The van der Waals surface area contributed by atoms with Gasteiger partial charge in [-0.2, -0.15) is 10.4 Å². The van der Waals surface area contributed by atoms with Gasteiger partial charge in [-0.3, -0.25) is 0 Å². The van der Waals surface area contributed by atoms with Crippen LogP contribution in [0.15, 0.2) is 67.1 Å². The molecule has 1 aliphatic heterocycles. The second-order valence-corrected chi connectivity index (χ2v) is 10.5. The number of aliphatic hydroxyl groups is 1. The number of piperidine rings is 1. The van der Waals surface area contributed by atoms with E-state index in [0.717, 1.165) is 61.4 Å². The zero-order chi connectivity index (χ0) is 27.2. The average molecular weight is 525 g/mol. The van der Waals surface area contributed by atoms with Gasteiger partial charge in [0.1, 0.15) is 17.6 Å². The van der Waals surface area contributed by atoms with Crippen molar-refractivity contribution in [1.29, 1.82) is 5.26 Å². The van der Waals surface area contributed by atoms with E-state index in [1.807, 2.05) is 19.2 Å². The summed E-state index contributed by atoms with van der Waals surface area (Å²) in [5, 5.41) is 23.5. The standard InChI is InChI=1S/C31H36N6O2/c1-3-39-27-17-28(30-26(19-32)21-34-37(30)22-27)25-9-10-29(33-20-25)36-13-11-31(12-14-36,23-35(2)15-16-38)18-24-7-5-4-6-8-24/h4-10,17,20-22,38H,3,11-16,18,23H2,1-2H3. The number of hydrogen-bond acceptors (Lipinski definition) is 7. The highest BCUT2D eigenvalue weighted by Gasteiger charge is 2.36. The van der Waals surface area contributed by atoms with Crippen LogP contribution in [0, 0.1) is 16.7 Å². The van der Waals surface area contributed by atoms with Crippen molar-refractivity contribution >= 4 is 11.3 Å². The van der Waals surface area contributed by atoms with Crippen molar-refractivity contribution in [2.45, 2.75) is 26.2 Å². The minimum Gasteiger partial charge on any atom is -0.492 e. The lowest BCUT2D eigenvalue weighted by Gasteiger charge is -2.44. The van der Waals surface area contributed by atoms with Crippen molar-refractivity contribution < 1.29 is 9.84 Å². The van der Waals surface area contributed by atoms with Crippen LogP contribution in [0.2, 0.25) is 0 Å². The average Bonchev–Trinajstić information content (AvgIpc) is 3.37. The lowest BCUT2D eigenvalue weighted by Crippen LogP contribution is -2.47. The molecule has 5 rings (SSSR count). The molecule has 4 aromatic rings. The number of anilines is 1. The second-order valence-electron chi connectivity index (χ2n) is 10.5. The van der Waals surface area contributed by atoms with E-state index < -0.39 is 0 Å². The lowest BCUT2D eigenvalue weighted by molar-refractivity contribution is 0.119. The Kier molecular flexibility index (Phi) is 8.10. The summed E-state index contributed by atoms with van der Waals surface area (Å²) >= 11 is 0. The van der Waals surface area contributed by atoms with E-state index in [1.54, 1.807) is 16.9 Å². The van der Waals surface area contributed by atoms with Crippen molar-refractivity contribution in [2.75, 3.05) is 51.3 Å². The molecule has 8 nitrogen and oxygen atoms in total. The van der Waals surface area contributed by atoms with Gasteiger partial charge in [-0.05, 0) is 62.4 Å². The quantitative estimate of drug-likeness (QED) is 0.328. The van der Waals surface area contributed by atoms with E-state index in [2.05, 4.69) is 70.5 Å². The molecule has 202 valence electrons. The number of fused-ring (bicyclic) bond motifs is 1. The van der Waals surface area contributed by atoms with E-state index in [4.69, 9.17) is 9.72 Å². The molecule has 0 saturated carbocycles. The molecule has 1 fully saturated rings. The second kappa shape index (κ2) is 11.9. The molecule has 0 aliphatic carbocycles. The Morgan fingerprint density at radius 2 is 1.92 bits per heavy atom. The highest BCUT2D eigenvalue weighted by Crippen LogP contribution is 2.38. The summed E-state index contributed by atoms with van der Waals surface area (Å²) in [6.45, 7) is 6.17. The summed E-state index contributed by atoms with van der Waals surface area (Å²) in [4.78, 5) is 9.48. The van der Waals surface area contributed by atoms with Gasteiger partial charge in [-0.15, -0.1) is 0 Å². The van der Waals surface area contributed by atoms with Crippen LogP contribution < -0.4 is 9.64 Å². The molecule has 3 aromatic heterocycles. The molecule has 39 heavy (non-hydrogen) atoms. The molecule has 1 saturated heterocycles. The molecule has 0 unspecified atom stereocenters. The summed E-state index contributed by atoms with van der Waals surface area (Å²) in [6.07, 6.45) is 8.42. The molecule has 0 amide bonds. The predicted molar refractivity (Wildman–Crippen MR) is 153 cm³/mol. The maximum absolute atomic E-state index is 9.63. The molecular formula is C31H36N6O2. The highest BCUT2D eigenvalue weighted by molar-refractivity contribution is 5.85. The number of rotatable bonds is 10. The van der Waals surface area contributed by atoms with Gasteiger partial charge in [0.25, 0.3) is 0 Å². The Hall–Kier alpha value is -3.93. The molecule has 0 spiro atoms. The third-order valence-electron chi connectivity index (χ3n) is 7.73. The third kappa shape index (κ3) is 5.90. The van der Waals surface area contributed by atoms with Crippen LogP contribution in [0.25, 0.3) is 16.6 Å². The molecule has 4 heterocycles. The van der Waals surface area contributed by atoms with Crippen LogP contribution in [-0.4, -0.2) is 71.0 Å². The van der Waals surface area contributed by atoms with Crippen LogP contribution in [0.5, 0.6) is 5.75 Å². The fourth-order valence-corrected chi connectivity index (χ4v) is 5.83. The van der Waals surface area contributed by atoms with Gasteiger partial charge < -0.3 is 19.6 Å². The molecule has 8 heteroatoms. The third-order valence-corrected chi connectivity index (χ3v) is 7.73. The summed E-state index contributed by atoms with van der Waals surface area (Å²) in [7, 11) is 2.10. The first-order valence-electron chi connectivity index (χ1n) is 13.6. The smallest absolute Gasteiger partial charge is 0.138 e. The predicted octanol–water partition coefficient (Wildman–Crippen LogP) is 4.42. The normalized spacial score (nSPS) is 15.0. The van der Waals surface area contributed by atoms with Crippen LogP contribution in [0.1, 0.15) is 30.9 Å². The van der Waals surface area contributed by atoms with Crippen molar-refractivity contribution in [1.82, 2.24) is 19.5 Å². The van der Waals surface area contributed by atoms with Gasteiger partial charge in [0.05, 0.1) is 36.7 Å². The van der Waals surface area contributed by atoms with Gasteiger partial charge in [0.15, 0.2) is 0 Å². The molecule has 1 aliphatic rings. The topological polar surface area (TPSA) is 89.9 Å². The first-order chi connectivity index (χ1) is 19.0. The zero-order valence-corrected chi connectivity index (χ0v) is 22.8. The Balaban J connectivity index is 1.36. The molecule has 0 atom stereocenters. The number of hydrogen-bond donors (Lipinski definition) is 1. The number of likely N-dealkylation sites (N-methyl/N-ethyl adjacent to an activating group) is 1. The number of nitriles is 1. The minimum atomic E-state index is 0.155. The van der Waals surface area contributed by atoms with Gasteiger partial charge in [-0.25, -0.2) is 9.50 Å². The maximum atomic E-state index is 9.63. The Morgan fingerprint density at radius 1 is 1.13 bits per heavy atom. The van der Waals surface area contributed by atoms with Crippen molar-refractivity contribution in [3.05, 3.63) is 78.2 Å². The largest absolute Gasteiger partial charge is 0.492 e. The first-order valence-corrected chi connectivity index (χ1v) is 13.6. The number of aliphatic hydroxyl groups excluding tert-OH is 1. The van der Waals surface area contributed by atoms with Gasteiger partial charge in [-0.1, -0.05) is 30.3 Å². The van der Waals surface area contributed by atoms with Gasteiger partial charge in [0, 0.05) is 43.5 Å². The molecule has 1 N–H and O–H groups in total. The SMILES string of the molecule is CCOc1cc(-c2ccc(N3CCC(Cc4ccccc4)(CN(C)CCO)CC3)nc2)c2c(C#N)cnn2c1. The van der Waals surface area contributed by atoms with E-state index in [-0.39, 0.29) is 12.0 Å². The highest BCUT2D eigenvalue weighted by atomic mass is 16.5. The Labute approximate surface area is 230 Å². The van der Waals surface area contributed by atoms with E-state index in [9.17, 15) is 10.4 Å². The minimum absolute atomic E-state index is 0.155. The van der Waals surface area contributed by atoms with E-state index in [1.165, 1.54) is 5.56 Å². The molecule has 0 radical (unpaired) electrons. The van der Waals surface area contributed by atoms with Crippen molar-refractivity contribution in [3.63, 3.8) is 0 Å². The fraction of sp³-hybridized carbons (Fsp3) is 0.387. The first kappa shape index (κ1) is 26.7. The van der Waals surface area contributed by atoms with Gasteiger partial charge >= 0.3 is 0 Å². The zero-order valence-electron chi connectivity index (χ0n) is 22.8. The number of benzene rings is 1.